The van der Waals surface area contributed by atoms with Crippen LogP contribution >= 0.6 is 0 Å². The summed E-state index contributed by atoms with van der Waals surface area (Å²) in [6.07, 6.45) is 5.42. The highest BCUT2D eigenvalue weighted by atomic mass is 16.5. The molecule has 1 aliphatic carbocycles. The van der Waals surface area contributed by atoms with Crippen LogP contribution in [0.2, 0.25) is 0 Å². The molecule has 0 aliphatic heterocycles. The fourth-order valence-electron chi connectivity index (χ4n) is 2.64. The number of nitrogens with two attached hydrogens (primary N) is 1. The van der Waals surface area contributed by atoms with Gasteiger partial charge in [-0.15, -0.1) is 0 Å². The quantitative estimate of drug-likeness (QED) is 0.814. The molecule has 0 atom stereocenters. The van der Waals surface area contributed by atoms with Gasteiger partial charge in [-0.3, -0.25) is 4.90 Å². The van der Waals surface area contributed by atoms with Crippen LogP contribution in [0.15, 0.2) is 18.2 Å². The van der Waals surface area contributed by atoms with E-state index >= 15 is 0 Å². The van der Waals surface area contributed by atoms with Gasteiger partial charge < -0.3 is 10.5 Å². The highest BCUT2D eigenvalue weighted by Crippen LogP contribution is 2.26. The smallest absolute Gasteiger partial charge is 0.141 e. The van der Waals surface area contributed by atoms with Crippen molar-refractivity contribution in [3.63, 3.8) is 0 Å². The maximum atomic E-state index is 5.92. The van der Waals surface area contributed by atoms with Crippen LogP contribution in [0.5, 0.6) is 5.75 Å². The molecule has 2 rings (SSSR count). The molecule has 17 heavy (non-hydrogen) atoms. The number of nitrogen functional groups attached to an aromatic ring is 1. The monoisotopic (exact) mass is 234 g/mol. The molecule has 0 bridgehead atoms. The Morgan fingerprint density at radius 3 is 2.65 bits per heavy atom. The maximum Gasteiger partial charge on any atom is 0.141 e. The van der Waals surface area contributed by atoms with E-state index in [1.807, 2.05) is 12.1 Å². The van der Waals surface area contributed by atoms with Crippen LogP contribution in [0, 0.1) is 0 Å². The van der Waals surface area contributed by atoms with Crippen molar-refractivity contribution in [2.45, 2.75) is 38.3 Å². The third kappa shape index (κ3) is 2.91. The molecule has 0 spiro atoms. The lowest BCUT2D eigenvalue weighted by Crippen LogP contribution is -2.28. The Balaban J connectivity index is 2.00. The zero-order valence-electron chi connectivity index (χ0n) is 10.8. The SMILES string of the molecule is COc1ccc(CN(C)C2CCCC2)cc1N. The van der Waals surface area contributed by atoms with E-state index in [4.69, 9.17) is 10.5 Å². The molecule has 1 aromatic rings. The molecule has 1 fully saturated rings. The number of benzene rings is 1. The lowest BCUT2D eigenvalue weighted by atomic mass is 10.1. The Morgan fingerprint density at radius 2 is 2.06 bits per heavy atom. The Hall–Kier alpha value is -1.22. The first kappa shape index (κ1) is 12.2. The number of hydrogen-bond donors (Lipinski definition) is 1. The van der Waals surface area contributed by atoms with Gasteiger partial charge in [-0.25, -0.2) is 0 Å². The highest BCUT2D eigenvalue weighted by Gasteiger charge is 2.19. The summed E-state index contributed by atoms with van der Waals surface area (Å²) >= 11 is 0. The molecule has 94 valence electrons. The first-order chi connectivity index (χ1) is 8.20. The molecule has 0 saturated heterocycles. The van der Waals surface area contributed by atoms with E-state index in [-0.39, 0.29) is 0 Å². The Bertz CT molecular complexity index is 372. The molecule has 0 heterocycles. The number of rotatable bonds is 4. The molecule has 3 nitrogen and oxygen atoms in total. The van der Waals surface area contributed by atoms with Gasteiger partial charge in [0.1, 0.15) is 5.75 Å². The van der Waals surface area contributed by atoms with Crippen molar-refractivity contribution >= 4 is 5.69 Å². The second kappa shape index (κ2) is 5.41. The van der Waals surface area contributed by atoms with Crippen LogP contribution < -0.4 is 10.5 Å². The first-order valence-electron chi connectivity index (χ1n) is 6.33. The topological polar surface area (TPSA) is 38.5 Å². The van der Waals surface area contributed by atoms with E-state index in [1.165, 1.54) is 31.2 Å². The minimum atomic E-state index is 0.727. The largest absolute Gasteiger partial charge is 0.495 e. The average molecular weight is 234 g/mol. The van der Waals surface area contributed by atoms with E-state index in [2.05, 4.69) is 18.0 Å². The van der Waals surface area contributed by atoms with Crippen molar-refractivity contribution in [2.24, 2.45) is 0 Å². The summed E-state index contributed by atoms with van der Waals surface area (Å²) in [5, 5.41) is 0. The predicted molar refractivity (Wildman–Crippen MR) is 71.1 cm³/mol. The number of methoxy groups -OCH3 is 1. The summed E-state index contributed by atoms with van der Waals surface area (Å²) in [6.45, 7) is 0.971. The molecular weight excluding hydrogens is 212 g/mol. The fraction of sp³-hybridized carbons (Fsp3) is 0.571. The maximum absolute atomic E-state index is 5.92. The van der Waals surface area contributed by atoms with Crippen LogP contribution in [0.4, 0.5) is 5.69 Å². The number of ether oxygens (including phenoxy) is 1. The van der Waals surface area contributed by atoms with E-state index in [0.29, 0.717) is 0 Å². The molecule has 0 radical (unpaired) electrons. The number of anilines is 1. The van der Waals surface area contributed by atoms with E-state index < -0.39 is 0 Å². The van der Waals surface area contributed by atoms with Crippen LogP contribution in [-0.2, 0) is 6.54 Å². The molecule has 0 unspecified atom stereocenters. The van der Waals surface area contributed by atoms with E-state index in [1.54, 1.807) is 7.11 Å². The van der Waals surface area contributed by atoms with Gasteiger partial charge >= 0.3 is 0 Å². The minimum absolute atomic E-state index is 0.727. The molecule has 1 saturated carbocycles. The zero-order chi connectivity index (χ0) is 12.3. The van der Waals surface area contributed by atoms with Gasteiger partial charge in [0, 0.05) is 12.6 Å². The summed E-state index contributed by atoms with van der Waals surface area (Å²) in [5.41, 5.74) is 7.91. The van der Waals surface area contributed by atoms with Crippen molar-refractivity contribution in [2.75, 3.05) is 19.9 Å². The second-order valence-electron chi connectivity index (χ2n) is 4.93. The molecule has 0 aromatic heterocycles. The first-order valence-corrected chi connectivity index (χ1v) is 6.33. The van der Waals surface area contributed by atoms with Gasteiger partial charge in [0.15, 0.2) is 0 Å². The lowest BCUT2D eigenvalue weighted by Gasteiger charge is -2.24. The molecule has 1 aromatic carbocycles. The van der Waals surface area contributed by atoms with Crippen molar-refractivity contribution in [3.8, 4) is 5.75 Å². The third-order valence-corrected chi connectivity index (χ3v) is 3.67. The van der Waals surface area contributed by atoms with Gasteiger partial charge in [0.2, 0.25) is 0 Å². The van der Waals surface area contributed by atoms with Crippen LogP contribution in [0.3, 0.4) is 0 Å². The highest BCUT2D eigenvalue weighted by molar-refractivity contribution is 5.54. The number of nitrogens with zero attached hydrogens (tertiary/aromatic N) is 1. The average Bonchev–Trinajstić information content (AvgIpc) is 2.82. The minimum Gasteiger partial charge on any atom is -0.495 e. The summed E-state index contributed by atoms with van der Waals surface area (Å²) in [7, 11) is 3.85. The molecule has 1 aliphatic rings. The van der Waals surface area contributed by atoms with Gasteiger partial charge in [0.25, 0.3) is 0 Å². The Labute approximate surface area is 104 Å². The number of hydrogen-bond acceptors (Lipinski definition) is 3. The molecular formula is C14H22N2O. The van der Waals surface area contributed by atoms with Crippen molar-refractivity contribution in [3.05, 3.63) is 23.8 Å². The van der Waals surface area contributed by atoms with E-state index in [9.17, 15) is 0 Å². The normalized spacial score (nSPS) is 16.6. The third-order valence-electron chi connectivity index (χ3n) is 3.67. The van der Waals surface area contributed by atoms with Crippen molar-refractivity contribution < 1.29 is 4.74 Å². The van der Waals surface area contributed by atoms with Crippen molar-refractivity contribution in [1.82, 2.24) is 4.90 Å². The van der Waals surface area contributed by atoms with Crippen LogP contribution in [-0.4, -0.2) is 25.1 Å². The van der Waals surface area contributed by atoms with Gasteiger partial charge in [0.05, 0.1) is 12.8 Å². The summed E-state index contributed by atoms with van der Waals surface area (Å²) in [6, 6.07) is 6.82. The Morgan fingerprint density at radius 1 is 1.35 bits per heavy atom. The van der Waals surface area contributed by atoms with Gasteiger partial charge in [-0.1, -0.05) is 18.9 Å². The van der Waals surface area contributed by atoms with Crippen LogP contribution in [0.25, 0.3) is 0 Å². The fourth-order valence-corrected chi connectivity index (χ4v) is 2.64. The zero-order valence-corrected chi connectivity index (χ0v) is 10.8. The predicted octanol–water partition coefficient (Wildman–Crippen LogP) is 2.65. The van der Waals surface area contributed by atoms with Crippen molar-refractivity contribution in [1.29, 1.82) is 0 Å². The van der Waals surface area contributed by atoms with Gasteiger partial charge in [-0.05, 0) is 37.6 Å². The molecule has 0 amide bonds. The lowest BCUT2D eigenvalue weighted by molar-refractivity contribution is 0.237. The summed E-state index contributed by atoms with van der Waals surface area (Å²) in [4.78, 5) is 2.44. The van der Waals surface area contributed by atoms with Gasteiger partial charge in [-0.2, -0.15) is 0 Å². The summed E-state index contributed by atoms with van der Waals surface area (Å²) in [5.74, 6) is 0.761. The summed E-state index contributed by atoms with van der Waals surface area (Å²) < 4.78 is 5.17. The Kier molecular flexibility index (Phi) is 3.89. The molecule has 2 N–H and O–H groups in total. The molecule has 3 heteroatoms. The van der Waals surface area contributed by atoms with Crippen LogP contribution in [0.1, 0.15) is 31.2 Å². The van der Waals surface area contributed by atoms with E-state index in [0.717, 1.165) is 24.0 Å². The second-order valence-corrected chi connectivity index (χ2v) is 4.93. The standard InChI is InChI=1S/C14H22N2O/c1-16(12-5-3-4-6-12)10-11-7-8-14(17-2)13(15)9-11/h7-9,12H,3-6,10,15H2,1-2H3.